The molecular weight excluding hydrogens is 332 g/mol. The number of hydrogen-bond donors (Lipinski definition) is 2. The van der Waals surface area contributed by atoms with E-state index in [1.165, 1.54) is 27.3 Å². The SMILES string of the molecule is O=C(N[C@H](C[NH+]1CCOCC1)c1ccccc1)c1cc2c(s1)CCC2. The minimum absolute atomic E-state index is 0.0405. The first-order chi connectivity index (χ1) is 12.3. The van der Waals surface area contributed by atoms with Gasteiger partial charge in [-0.1, -0.05) is 30.3 Å². The van der Waals surface area contributed by atoms with Crippen molar-refractivity contribution in [3.63, 3.8) is 0 Å². The Balaban J connectivity index is 1.49. The highest BCUT2D eigenvalue weighted by molar-refractivity contribution is 7.14. The van der Waals surface area contributed by atoms with E-state index in [9.17, 15) is 4.79 Å². The standard InChI is InChI=1S/C20H24N2O2S/c23-20(19-13-16-7-4-8-18(16)25-19)21-17(15-5-2-1-3-6-15)14-22-9-11-24-12-10-22/h1-3,5-6,13,17H,4,7-12,14H2,(H,21,23)/p+1/t17-/m1/s1. The third-order valence-electron chi connectivity index (χ3n) is 5.17. The molecule has 1 saturated heterocycles. The van der Waals surface area contributed by atoms with Gasteiger partial charge in [-0.2, -0.15) is 0 Å². The van der Waals surface area contributed by atoms with Crippen LogP contribution >= 0.6 is 11.3 Å². The quantitative estimate of drug-likeness (QED) is 0.854. The molecule has 1 aromatic carbocycles. The van der Waals surface area contributed by atoms with Gasteiger partial charge in [0.05, 0.1) is 18.1 Å². The summed E-state index contributed by atoms with van der Waals surface area (Å²) in [7, 11) is 0. The molecule has 1 aliphatic heterocycles. The fourth-order valence-corrected chi connectivity index (χ4v) is 4.92. The van der Waals surface area contributed by atoms with Crippen LogP contribution in [0.5, 0.6) is 0 Å². The third-order valence-corrected chi connectivity index (χ3v) is 6.41. The molecule has 132 valence electrons. The molecule has 1 atom stereocenters. The number of aryl methyl sites for hydroxylation is 2. The van der Waals surface area contributed by atoms with Crippen LogP contribution in [-0.4, -0.2) is 38.8 Å². The van der Waals surface area contributed by atoms with Crippen molar-refractivity contribution in [2.75, 3.05) is 32.8 Å². The second kappa shape index (κ2) is 7.68. The van der Waals surface area contributed by atoms with E-state index in [1.54, 1.807) is 11.3 Å². The van der Waals surface area contributed by atoms with Gasteiger partial charge in [-0.15, -0.1) is 11.3 Å². The Kier molecular flexibility index (Phi) is 5.15. The van der Waals surface area contributed by atoms with Gasteiger partial charge in [0.25, 0.3) is 5.91 Å². The van der Waals surface area contributed by atoms with E-state index in [-0.39, 0.29) is 11.9 Å². The normalized spacial score (nSPS) is 18.7. The van der Waals surface area contributed by atoms with Gasteiger partial charge in [0.15, 0.2) is 0 Å². The molecule has 1 aromatic heterocycles. The number of amides is 1. The number of carbonyl (C=O) groups is 1. The summed E-state index contributed by atoms with van der Waals surface area (Å²) in [6.07, 6.45) is 3.49. The number of thiophene rings is 1. The van der Waals surface area contributed by atoms with Crippen molar-refractivity contribution in [1.82, 2.24) is 5.32 Å². The largest absolute Gasteiger partial charge is 0.370 e. The van der Waals surface area contributed by atoms with Crippen LogP contribution < -0.4 is 10.2 Å². The molecule has 25 heavy (non-hydrogen) atoms. The van der Waals surface area contributed by atoms with Crippen LogP contribution in [0.2, 0.25) is 0 Å². The topological polar surface area (TPSA) is 42.8 Å². The Morgan fingerprint density at radius 2 is 2.00 bits per heavy atom. The van der Waals surface area contributed by atoms with E-state index in [4.69, 9.17) is 4.74 Å². The molecule has 4 nitrogen and oxygen atoms in total. The van der Waals surface area contributed by atoms with E-state index in [0.29, 0.717) is 0 Å². The Morgan fingerprint density at radius 1 is 1.20 bits per heavy atom. The number of carbonyl (C=O) groups excluding carboxylic acids is 1. The molecule has 2 aromatic rings. The molecule has 2 heterocycles. The highest BCUT2D eigenvalue weighted by Gasteiger charge is 2.25. The molecule has 0 radical (unpaired) electrons. The molecule has 1 fully saturated rings. The summed E-state index contributed by atoms with van der Waals surface area (Å²) >= 11 is 1.67. The average molecular weight is 357 g/mol. The number of benzene rings is 1. The maximum atomic E-state index is 12.8. The van der Waals surface area contributed by atoms with Crippen LogP contribution in [0.25, 0.3) is 0 Å². The van der Waals surface area contributed by atoms with Crippen LogP contribution in [0.3, 0.4) is 0 Å². The third kappa shape index (κ3) is 3.94. The molecule has 0 bridgehead atoms. The molecule has 0 unspecified atom stereocenters. The van der Waals surface area contributed by atoms with Crippen molar-refractivity contribution < 1.29 is 14.4 Å². The molecular formula is C20H25N2O2S+. The van der Waals surface area contributed by atoms with Crippen molar-refractivity contribution >= 4 is 17.2 Å². The van der Waals surface area contributed by atoms with Crippen molar-refractivity contribution in [3.05, 3.63) is 57.3 Å². The van der Waals surface area contributed by atoms with Gasteiger partial charge in [0.1, 0.15) is 25.7 Å². The summed E-state index contributed by atoms with van der Waals surface area (Å²) in [6.45, 7) is 4.54. The predicted molar refractivity (Wildman–Crippen MR) is 99.4 cm³/mol. The molecule has 1 amide bonds. The minimum Gasteiger partial charge on any atom is -0.370 e. The van der Waals surface area contributed by atoms with Gasteiger partial charge in [-0.3, -0.25) is 4.79 Å². The number of rotatable bonds is 5. The van der Waals surface area contributed by atoms with Crippen LogP contribution in [0, 0.1) is 0 Å². The highest BCUT2D eigenvalue weighted by Crippen LogP contribution is 2.30. The summed E-state index contributed by atoms with van der Waals surface area (Å²) in [5.41, 5.74) is 2.56. The monoisotopic (exact) mass is 357 g/mol. The number of hydrogen-bond acceptors (Lipinski definition) is 3. The number of nitrogens with one attached hydrogen (secondary N) is 2. The Labute approximate surface area is 152 Å². The Hall–Kier alpha value is -1.69. The molecule has 1 aliphatic carbocycles. The lowest BCUT2D eigenvalue weighted by atomic mass is 10.1. The van der Waals surface area contributed by atoms with Crippen molar-refractivity contribution in [2.45, 2.75) is 25.3 Å². The summed E-state index contributed by atoms with van der Waals surface area (Å²) < 4.78 is 5.47. The number of quaternary nitrogens is 1. The van der Waals surface area contributed by atoms with E-state index >= 15 is 0 Å². The minimum atomic E-state index is 0.0405. The van der Waals surface area contributed by atoms with Gasteiger partial charge in [-0.25, -0.2) is 0 Å². The fraction of sp³-hybridized carbons (Fsp3) is 0.450. The van der Waals surface area contributed by atoms with Crippen molar-refractivity contribution in [3.8, 4) is 0 Å². The second-order valence-electron chi connectivity index (χ2n) is 6.92. The highest BCUT2D eigenvalue weighted by atomic mass is 32.1. The maximum Gasteiger partial charge on any atom is 0.262 e. The molecule has 2 aliphatic rings. The smallest absolute Gasteiger partial charge is 0.262 e. The summed E-state index contributed by atoms with van der Waals surface area (Å²) in [5, 5.41) is 3.30. The molecule has 2 N–H and O–H groups in total. The number of morpholine rings is 1. The lowest BCUT2D eigenvalue weighted by Gasteiger charge is -2.28. The van der Waals surface area contributed by atoms with Gasteiger partial charge in [-0.05, 0) is 36.5 Å². The first-order valence-electron chi connectivity index (χ1n) is 9.18. The number of fused-ring (bicyclic) bond motifs is 1. The zero-order valence-electron chi connectivity index (χ0n) is 14.4. The lowest BCUT2D eigenvalue weighted by Crippen LogP contribution is -3.14. The summed E-state index contributed by atoms with van der Waals surface area (Å²) in [4.78, 5) is 16.6. The fourth-order valence-electron chi connectivity index (χ4n) is 3.76. The average Bonchev–Trinajstić information content (AvgIpc) is 3.25. The molecule has 4 rings (SSSR count). The molecule has 5 heteroatoms. The van der Waals surface area contributed by atoms with E-state index < -0.39 is 0 Å². The Morgan fingerprint density at radius 3 is 2.76 bits per heavy atom. The molecule has 0 spiro atoms. The molecule has 0 saturated carbocycles. The van der Waals surface area contributed by atoms with Gasteiger partial charge >= 0.3 is 0 Å². The number of ether oxygens (including phenoxy) is 1. The van der Waals surface area contributed by atoms with Crippen molar-refractivity contribution in [1.29, 1.82) is 0 Å². The van der Waals surface area contributed by atoms with Crippen LogP contribution in [0.15, 0.2) is 36.4 Å². The second-order valence-corrected chi connectivity index (χ2v) is 8.05. The van der Waals surface area contributed by atoms with E-state index in [2.05, 4.69) is 23.5 Å². The predicted octanol–water partition coefficient (Wildman–Crippen LogP) is 1.62. The first kappa shape index (κ1) is 16.8. The summed E-state index contributed by atoms with van der Waals surface area (Å²) in [6, 6.07) is 12.5. The van der Waals surface area contributed by atoms with E-state index in [1.807, 2.05) is 18.2 Å². The van der Waals surface area contributed by atoms with Crippen LogP contribution in [-0.2, 0) is 17.6 Å². The zero-order chi connectivity index (χ0) is 17.1. The van der Waals surface area contributed by atoms with Gasteiger partial charge < -0.3 is 15.0 Å². The first-order valence-corrected chi connectivity index (χ1v) is 10.00. The van der Waals surface area contributed by atoms with Gasteiger partial charge in [0, 0.05) is 4.88 Å². The Bertz CT molecular complexity index is 701. The zero-order valence-corrected chi connectivity index (χ0v) is 15.2. The lowest BCUT2D eigenvalue weighted by molar-refractivity contribution is -0.909. The maximum absolute atomic E-state index is 12.8. The van der Waals surface area contributed by atoms with E-state index in [0.717, 1.165) is 50.6 Å². The van der Waals surface area contributed by atoms with Gasteiger partial charge in [0.2, 0.25) is 0 Å². The van der Waals surface area contributed by atoms with Crippen LogP contribution in [0.4, 0.5) is 0 Å². The van der Waals surface area contributed by atoms with Crippen LogP contribution in [0.1, 0.15) is 38.1 Å². The summed E-state index contributed by atoms with van der Waals surface area (Å²) in [5.74, 6) is 0.0703. The van der Waals surface area contributed by atoms with Crippen molar-refractivity contribution in [2.24, 2.45) is 0 Å².